The second-order valence-corrected chi connectivity index (χ2v) is 5.57. The maximum absolute atomic E-state index is 11.0. The van der Waals surface area contributed by atoms with Crippen LogP contribution in [0.5, 0.6) is 5.75 Å². The van der Waals surface area contributed by atoms with E-state index in [0.29, 0.717) is 31.8 Å². The van der Waals surface area contributed by atoms with Gasteiger partial charge >= 0.3 is 5.97 Å². The van der Waals surface area contributed by atoms with Crippen LogP contribution in [0.2, 0.25) is 0 Å². The molecular weight excluding hydrogens is 294 g/mol. The van der Waals surface area contributed by atoms with E-state index in [4.69, 9.17) is 9.84 Å². The molecule has 2 heterocycles. The molecule has 1 saturated heterocycles. The summed E-state index contributed by atoms with van der Waals surface area (Å²) in [6.45, 7) is 1.41. The first-order valence-corrected chi connectivity index (χ1v) is 7.62. The van der Waals surface area contributed by atoms with Crippen LogP contribution in [-0.2, 0) is 4.79 Å². The maximum atomic E-state index is 11.0. The second kappa shape index (κ2) is 6.64. The van der Waals surface area contributed by atoms with Crippen molar-refractivity contribution in [2.45, 2.75) is 12.8 Å². The molecule has 1 aliphatic heterocycles. The lowest BCUT2D eigenvalue weighted by molar-refractivity contribution is -0.142. The minimum Gasteiger partial charge on any atom is -0.497 e. The second-order valence-electron chi connectivity index (χ2n) is 5.57. The first-order chi connectivity index (χ1) is 11.2. The van der Waals surface area contributed by atoms with Crippen molar-refractivity contribution in [3.63, 3.8) is 0 Å². The number of hydrogen-bond donors (Lipinski definition) is 1. The average molecular weight is 313 g/mol. The van der Waals surface area contributed by atoms with Crippen LogP contribution in [0, 0.1) is 5.92 Å². The number of benzene rings is 1. The lowest BCUT2D eigenvalue weighted by Gasteiger charge is -2.31. The van der Waals surface area contributed by atoms with Crippen LogP contribution in [-0.4, -0.2) is 41.2 Å². The Hall–Kier alpha value is -2.63. The number of piperidine rings is 1. The topological polar surface area (TPSA) is 75.5 Å². The summed E-state index contributed by atoms with van der Waals surface area (Å²) in [6.07, 6.45) is 3.04. The summed E-state index contributed by atoms with van der Waals surface area (Å²) < 4.78 is 5.16. The molecule has 1 aromatic carbocycles. The number of nitrogens with zero attached hydrogens (tertiary/aromatic N) is 3. The van der Waals surface area contributed by atoms with Crippen molar-refractivity contribution < 1.29 is 14.6 Å². The minimum atomic E-state index is -0.703. The summed E-state index contributed by atoms with van der Waals surface area (Å²) in [5.74, 6) is 1.35. The molecule has 1 aliphatic rings. The van der Waals surface area contributed by atoms with Crippen molar-refractivity contribution in [1.82, 2.24) is 9.97 Å². The monoisotopic (exact) mass is 313 g/mol. The van der Waals surface area contributed by atoms with Crippen molar-refractivity contribution in [2.24, 2.45) is 5.92 Å². The summed E-state index contributed by atoms with van der Waals surface area (Å²) >= 11 is 0. The number of anilines is 1. The van der Waals surface area contributed by atoms with Crippen LogP contribution in [0.4, 0.5) is 5.82 Å². The van der Waals surface area contributed by atoms with Gasteiger partial charge in [0.05, 0.1) is 13.0 Å². The highest BCUT2D eigenvalue weighted by Crippen LogP contribution is 2.24. The first kappa shape index (κ1) is 15.3. The largest absolute Gasteiger partial charge is 0.497 e. The molecule has 0 amide bonds. The third-order valence-corrected chi connectivity index (χ3v) is 4.16. The van der Waals surface area contributed by atoms with Crippen molar-refractivity contribution >= 4 is 11.8 Å². The van der Waals surface area contributed by atoms with Crippen molar-refractivity contribution in [2.75, 3.05) is 25.1 Å². The summed E-state index contributed by atoms with van der Waals surface area (Å²) in [7, 11) is 1.63. The van der Waals surface area contributed by atoms with E-state index >= 15 is 0 Å². The van der Waals surface area contributed by atoms with Crippen LogP contribution in [0.25, 0.3) is 11.4 Å². The standard InChI is InChI=1S/C17H19N3O3/c1-23-14-4-2-12(3-5-14)16-18-9-6-15(19-16)20-10-7-13(8-11-20)17(21)22/h2-6,9,13H,7-8,10-11H2,1H3,(H,21,22). The third-order valence-electron chi connectivity index (χ3n) is 4.16. The molecule has 0 saturated carbocycles. The first-order valence-electron chi connectivity index (χ1n) is 7.62. The van der Waals surface area contributed by atoms with E-state index in [1.165, 1.54) is 0 Å². The highest BCUT2D eigenvalue weighted by atomic mass is 16.5. The Bertz CT molecular complexity index is 680. The Kier molecular flexibility index (Phi) is 4.41. The van der Waals surface area contributed by atoms with Crippen molar-refractivity contribution in [3.05, 3.63) is 36.5 Å². The normalized spacial score (nSPS) is 15.4. The zero-order chi connectivity index (χ0) is 16.2. The van der Waals surface area contributed by atoms with E-state index in [2.05, 4.69) is 14.9 Å². The summed E-state index contributed by atoms with van der Waals surface area (Å²) in [6, 6.07) is 9.48. The Labute approximate surface area is 134 Å². The van der Waals surface area contributed by atoms with Crippen LogP contribution in [0.3, 0.4) is 0 Å². The molecule has 120 valence electrons. The van der Waals surface area contributed by atoms with E-state index in [1.807, 2.05) is 30.3 Å². The number of methoxy groups -OCH3 is 1. The summed E-state index contributed by atoms with van der Waals surface area (Å²) in [5.41, 5.74) is 0.924. The molecule has 6 heteroatoms. The molecule has 0 aliphatic carbocycles. The van der Waals surface area contributed by atoms with Crippen LogP contribution >= 0.6 is 0 Å². The predicted molar refractivity (Wildman–Crippen MR) is 86.6 cm³/mol. The van der Waals surface area contributed by atoms with Gasteiger partial charge in [-0.25, -0.2) is 9.97 Å². The number of ether oxygens (including phenoxy) is 1. The van der Waals surface area contributed by atoms with Crippen LogP contribution in [0.15, 0.2) is 36.5 Å². The van der Waals surface area contributed by atoms with Gasteiger partial charge in [-0.15, -0.1) is 0 Å². The summed E-state index contributed by atoms with van der Waals surface area (Å²) in [4.78, 5) is 22.1. The van der Waals surface area contributed by atoms with Gasteiger partial charge in [0.2, 0.25) is 0 Å². The van der Waals surface area contributed by atoms with Gasteiger partial charge in [-0.2, -0.15) is 0 Å². The Morgan fingerprint density at radius 2 is 1.91 bits per heavy atom. The fourth-order valence-corrected chi connectivity index (χ4v) is 2.76. The van der Waals surface area contributed by atoms with E-state index in [0.717, 1.165) is 17.1 Å². The number of carboxylic acids is 1. The number of carboxylic acid groups (broad SMARTS) is 1. The fraction of sp³-hybridized carbons (Fsp3) is 0.353. The number of carbonyl (C=O) groups is 1. The minimum absolute atomic E-state index is 0.242. The quantitative estimate of drug-likeness (QED) is 0.934. The van der Waals surface area contributed by atoms with Gasteiger partial charge in [0.25, 0.3) is 0 Å². The zero-order valence-corrected chi connectivity index (χ0v) is 13.0. The van der Waals surface area contributed by atoms with Gasteiger partial charge in [0.1, 0.15) is 11.6 Å². The van der Waals surface area contributed by atoms with Crippen LogP contribution < -0.4 is 9.64 Å². The van der Waals surface area contributed by atoms with Gasteiger partial charge in [-0.3, -0.25) is 4.79 Å². The molecular formula is C17H19N3O3. The SMILES string of the molecule is COc1ccc(-c2nccc(N3CCC(C(=O)O)CC3)n2)cc1. The molecule has 0 atom stereocenters. The number of hydrogen-bond acceptors (Lipinski definition) is 5. The van der Waals surface area contributed by atoms with Crippen molar-refractivity contribution in [3.8, 4) is 17.1 Å². The Morgan fingerprint density at radius 3 is 2.52 bits per heavy atom. The molecule has 0 unspecified atom stereocenters. The molecule has 1 N–H and O–H groups in total. The third kappa shape index (κ3) is 3.41. The summed E-state index contributed by atoms with van der Waals surface area (Å²) in [5, 5.41) is 9.08. The smallest absolute Gasteiger partial charge is 0.306 e. The van der Waals surface area contributed by atoms with Gasteiger partial charge in [-0.1, -0.05) is 0 Å². The van der Waals surface area contributed by atoms with Crippen molar-refractivity contribution in [1.29, 1.82) is 0 Å². The maximum Gasteiger partial charge on any atom is 0.306 e. The molecule has 0 radical (unpaired) electrons. The molecule has 0 spiro atoms. The average Bonchev–Trinajstić information content (AvgIpc) is 2.62. The molecule has 1 aromatic heterocycles. The van der Waals surface area contributed by atoms with Crippen LogP contribution in [0.1, 0.15) is 12.8 Å². The Balaban J connectivity index is 1.76. The highest BCUT2D eigenvalue weighted by molar-refractivity contribution is 5.70. The molecule has 0 bridgehead atoms. The fourth-order valence-electron chi connectivity index (χ4n) is 2.76. The van der Waals surface area contributed by atoms with E-state index < -0.39 is 5.97 Å². The molecule has 3 rings (SSSR count). The van der Waals surface area contributed by atoms with Gasteiger partial charge < -0.3 is 14.7 Å². The van der Waals surface area contributed by atoms with Gasteiger partial charge in [-0.05, 0) is 43.2 Å². The number of aliphatic carboxylic acids is 1. The Morgan fingerprint density at radius 1 is 1.22 bits per heavy atom. The molecule has 6 nitrogen and oxygen atoms in total. The van der Waals surface area contributed by atoms with E-state index in [1.54, 1.807) is 13.3 Å². The lowest BCUT2D eigenvalue weighted by Crippen LogP contribution is -2.36. The molecule has 1 fully saturated rings. The van der Waals surface area contributed by atoms with E-state index in [-0.39, 0.29) is 5.92 Å². The predicted octanol–water partition coefficient (Wildman–Crippen LogP) is 2.45. The molecule has 2 aromatic rings. The van der Waals surface area contributed by atoms with Gasteiger partial charge in [0.15, 0.2) is 5.82 Å². The molecule has 23 heavy (non-hydrogen) atoms. The number of aromatic nitrogens is 2. The zero-order valence-electron chi connectivity index (χ0n) is 13.0. The number of rotatable bonds is 4. The highest BCUT2D eigenvalue weighted by Gasteiger charge is 2.25. The van der Waals surface area contributed by atoms with E-state index in [9.17, 15) is 4.79 Å². The lowest BCUT2D eigenvalue weighted by atomic mass is 9.97. The van der Waals surface area contributed by atoms with Gasteiger partial charge in [0, 0.05) is 24.8 Å².